The fraction of sp³-hybridized carbons (Fsp3) is 0.353. The van der Waals surface area contributed by atoms with E-state index in [2.05, 4.69) is 9.98 Å². The summed E-state index contributed by atoms with van der Waals surface area (Å²) in [4.78, 5) is 22.8. The van der Waals surface area contributed by atoms with Crippen molar-refractivity contribution >= 4 is 28.6 Å². The van der Waals surface area contributed by atoms with Crippen LogP contribution in [0.5, 0.6) is 0 Å². The lowest BCUT2D eigenvalue weighted by atomic mass is 9.87. The number of benzene rings is 1. The largest absolute Gasteiger partial charge is 0.464 e. The third-order valence-electron chi connectivity index (χ3n) is 4.75. The lowest BCUT2D eigenvalue weighted by molar-refractivity contribution is 0.305. The van der Waals surface area contributed by atoms with E-state index in [-0.39, 0.29) is 11.4 Å². The number of nitrogens with two attached hydrogens (primary N) is 2. The Balaban J connectivity index is 1.88. The predicted octanol–water partition coefficient (Wildman–Crippen LogP) is 1.90. The maximum absolute atomic E-state index is 12.1. The van der Waals surface area contributed by atoms with Crippen LogP contribution in [-0.2, 0) is 0 Å². The lowest BCUT2D eigenvalue weighted by Crippen LogP contribution is -2.58. The van der Waals surface area contributed by atoms with Crippen molar-refractivity contribution in [1.82, 2.24) is 0 Å². The van der Waals surface area contributed by atoms with Crippen molar-refractivity contribution in [2.24, 2.45) is 21.5 Å². The maximum atomic E-state index is 12.1. The summed E-state index contributed by atoms with van der Waals surface area (Å²) in [6.07, 6.45) is 6.38. The topological polar surface area (TPSA) is 110 Å². The average molecular weight is 325 g/mol. The first-order valence-corrected chi connectivity index (χ1v) is 8.10. The van der Waals surface area contributed by atoms with Crippen molar-refractivity contribution in [1.29, 1.82) is 0 Å². The van der Waals surface area contributed by atoms with Crippen LogP contribution in [0.3, 0.4) is 0 Å². The van der Waals surface area contributed by atoms with Crippen molar-refractivity contribution in [3.05, 3.63) is 40.8 Å². The number of hydrogen-bond donors (Lipinski definition) is 2. The first-order chi connectivity index (χ1) is 11.6. The summed E-state index contributed by atoms with van der Waals surface area (Å²) < 4.78 is 5.39. The summed E-state index contributed by atoms with van der Waals surface area (Å²) in [6, 6.07) is 6.85. The molecular formula is C17H19N5O2. The molecule has 7 heteroatoms. The van der Waals surface area contributed by atoms with Gasteiger partial charge < -0.3 is 15.9 Å². The number of anilines is 1. The van der Waals surface area contributed by atoms with Crippen LogP contribution in [0.15, 0.2) is 49.7 Å². The van der Waals surface area contributed by atoms with E-state index in [0.717, 1.165) is 31.4 Å². The molecule has 2 heterocycles. The molecule has 2 aromatic rings. The van der Waals surface area contributed by atoms with Gasteiger partial charge in [-0.15, -0.1) is 0 Å². The lowest BCUT2D eigenvalue weighted by Gasteiger charge is -2.45. The van der Waals surface area contributed by atoms with E-state index in [1.165, 1.54) is 18.8 Å². The first-order valence-electron chi connectivity index (χ1n) is 8.10. The van der Waals surface area contributed by atoms with E-state index in [1.54, 1.807) is 12.1 Å². The van der Waals surface area contributed by atoms with Crippen molar-refractivity contribution in [3.63, 3.8) is 0 Å². The Hall–Kier alpha value is -2.83. The molecule has 2 aliphatic rings. The van der Waals surface area contributed by atoms with Gasteiger partial charge in [-0.25, -0.2) is 4.99 Å². The minimum atomic E-state index is -0.517. The van der Waals surface area contributed by atoms with Gasteiger partial charge in [0.25, 0.3) is 0 Å². The SMILES string of the molecule is NC1=NC2(CCCCC2)N(c2ccc3occc(=O)c3c2)C(N)=N1. The fourth-order valence-corrected chi connectivity index (χ4v) is 3.71. The Morgan fingerprint density at radius 3 is 2.71 bits per heavy atom. The summed E-state index contributed by atoms with van der Waals surface area (Å²) in [5.74, 6) is 0.523. The molecule has 7 nitrogen and oxygen atoms in total. The Morgan fingerprint density at radius 2 is 1.92 bits per heavy atom. The zero-order valence-corrected chi connectivity index (χ0v) is 13.2. The number of guanidine groups is 2. The summed E-state index contributed by atoms with van der Waals surface area (Å²) in [6.45, 7) is 0. The molecule has 1 aliphatic carbocycles. The van der Waals surface area contributed by atoms with E-state index in [4.69, 9.17) is 15.9 Å². The number of fused-ring (bicyclic) bond motifs is 1. The van der Waals surface area contributed by atoms with Crippen LogP contribution >= 0.6 is 0 Å². The van der Waals surface area contributed by atoms with Gasteiger partial charge in [-0.1, -0.05) is 6.42 Å². The van der Waals surface area contributed by atoms with Crippen LogP contribution in [0.4, 0.5) is 5.69 Å². The zero-order valence-electron chi connectivity index (χ0n) is 13.2. The molecular weight excluding hydrogens is 306 g/mol. The highest BCUT2D eigenvalue weighted by Gasteiger charge is 2.42. The molecule has 1 spiro atoms. The standard InChI is InChI=1S/C17H19N5O2/c18-15-20-16(19)22(17(21-15)7-2-1-3-8-17)11-4-5-14-12(10-11)13(23)6-9-24-14/h4-6,9-10H,1-3,7-8H2,(H4,18,19,20,21). The van der Waals surface area contributed by atoms with Gasteiger partial charge in [0.2, 0.25) is 11.9 Å². The van der Waals surface area contributed by atoms with Crippen molar-refractivity contribution in [2.45, 2.75) is 37.8 Å². The van der Waals surface area contributed by atoms with Crippen LogP contribution in [0.25, 0.3) is 11.0 Å². The second-order valence-corrected chi connectivity index (χ2v) is 6.28. The molecule has 0 bridgehead atoms. The molecule has 1 saturated carbocycles. The van der Waals surface area contributed by atoms with Crippen LogP contribution in [0.2, 0.25) is 0 Å². The van der Waals surface area contributed by atoms with Gasteiger partial charge in [0, 0.05) is 11.8 Å². The summed E-state index contributed by atoms with van der Waals surface area (Å²) in [5.41, 5.74) is 12.8. The Labute approximate surface area is 138 Å². The van der Waals surface area contributed by atoms with Gasteiger partial charge in [0.1, 0.15) is 11.2 Å². The summed E-state index contributed by atoms with van der Waals surface area (Å²) >= 11 is 0. The summed E-state index contributed by atoms with van der Waals surface area (Å²) in [7, 11) is 0. The number of hydrogen-bond acceptors (Lipinski definition) is 7. The quantitative estimate of drug-likeness (QED) is 0.832. The van der Waals surface area contributed by atoms with Gasteiger partial charge in [0.05, 0.1) is 11.6 Å². The Kier molecular flexibility index (Phi) is 3.30. The Bertz CT molecular complexity index is 909. The first kappa shape index (κ1) is 14.7. The van der Waals surface area contributed by atoms with Gasteiger partial charge >= 0.3 is 0 Å². The van der Waals surface area contributed by atoms with Crippen LogP contribution in [-0.4, -0.2) is 17.6 Å². The monoisotopic (exact) mass is 325 g/mol. The smallest absolute Gasteiger partial charge is 0.220 e. The molecule has 1 fully saturated rings. The van der Waals surface area contributed by atoms with Gasteiger partial charge in [-0.3, -0.25) is 9.69 Å². The molecule has 1 aromatic heterocycles. The fourth-order valence-electron chi connectivity index (χ4n) is 3.71. The molecule has 0 amide bonds. The average Bonchev–Trinajstić information content (AvgIpc) is 2.55. The highest BCUT2D eigenvalue weighted by molar-refractivity contribution is 6.06. The molecule has 1 aliphatic heterocycles. The number of aliphatic imine (C=N–C) groups is 2. The minimum absolute atomic E-state index is 0.0914. The molecule has 4 N–H and O–H groups in total. The van der Waals surface area contributed by atoms with E-state index in [1.807, 2.05) is 11.0 Å². The third kappa shape index (κ3) is 2.24. The Morgan fingerprint density at radius 1 is 1.12 bits per heavy atom. The molecule has 4 rings (SSSR count). The molecule has 1 aromatic carbocycles. The zero-order chi connectivity index (χ0) is 16.7. The second-order valence-electron chi connectivity index (χ2n) is 6.28. The van der Waals surface area contributed by atoms with Crippen LogP contribution < -0.4 is 21.8 Å². The van der Waals surface area contributed by atoms with E-state index < -0.39 is 5.66 Å². The minimum Gasteiger partial charge on any atom is -0.464 e. The third-order valence-corrected chi connectivity index (χ3v) is 4.75. The second kappa shape index (κ2) is 5.36. The molecule has 124 valence electrons. The van der Waals surface area contributed by atoms with E-state index in [9.17, 15) is 4.79 Å². The van der Waals surface area contributed by atoms with Gasteiger partial charge in [-0.2, -0.15) is 4.99 Å². The highest BCUT2D eigenvalue weighted by atomic mass is 16.3. The normalized spacial score (nSPS) is 20.1. The molecule has 24 heavy (non-hydrogen) atoms. The van der Waals surface area contributed by atoms with E-state index in [0.29, 0.717) is 16.9 Å². The molecule has 0 atom stereocenters. The number of rotatable bonds is 1. The van der Waals surface area contributed by atoms with Crippen LogP contribution in [0.1, 0.15) is 32.1 Å². The highest BCUT2D eigenvalue weighted by Crippen LogP contribution is 2.39. The van der Waals surface area contributed by atoms with Crippen molar-refractivity contribution in [2.75, 3.05) is 4.90 Å². The van der Waals surface area contributed by atoms with E-state index >= 15 is 0 Å². The number of nitrogens with zero attached hydrogens (tertiary/aromatic N) is 3. The van der Waals surface area contributed by atoms with Crippen molar-refractivity contribution < 1.29 is 4.42 Å². The predicted molar refractivity (Wildman–Crippen MR) is 94.0 cm³/mol. The molecule has 0 unspecified atom stereocenters. The van der Waals surface area contributed by atoms with Gasteiger partial charge in [0.15, 0.2) is 5.43 Å². The van der Waals surface area contributed by atoms with Crippen LogP contribution in [0, 0.1) is 0 Å². The molecule has 0 saturated heterocycles. The van der Waals surface area contributed by atoms with Crippen molar-refractivity contribution in [3.8, 4) is 0 Å². The summed E-state index contributed by atoms with van der Waals surface area (Å²) in [5, 5.41) is 0.510. The molecule has 0 radical (unpaired) electrons. The maximum Gasteiger partial charge on any atom is 0.220 e. The van der Waals surface area contributed by atoms with Gasteiger partial charge in [-0.05, 0) is 43.9 Å².